The Morgan fingerprint density at radius 2 is 2.04 bits per heavy atom. The summed E-state index contributed by atoms with van der Waals surface area (Å²) in [5, 5.41) is 20.8. The van der Waals surface area contributed by atoms with Gasteiger partial charge in [-0.1, -0.05) is 25.1 Å². The van der Waals surface area contributed by atoms with Gasteiger partial charge in [-0.05, 0) is 24.6 Å². The smallest absolute Gasteiger partial charge is 0.340 e. The van der Waals surface area contributed by atoms with E-state index < -0.39 is 11.6 Å². The number of hydrogen-bond donors (Lipinski definition) is 2. The van der Waals surface area contributed by atoms with E-state index in [1.165, 1.54) is 6.07 Å². The number of pyridine rings is 2. The van der Waals surface area contributed by atoms with Crippen molar-refractivity contribution in [1.29, 1.82) is 0 Å². The van der Waals surface area contributed by atoms with Crippen LogP contribution in [0.1, 0.15) is 24.5 Å². The number of aliphatic carboxylic acids is 1. The monoisotopic (exact) mass is 336 g/mol. The largest absolute Gasteiger partial charge is 0.479 e. The second-order valence-electron chi connectivity index (χ2n) is 6.26. The summed E-state index contributed by atoms with van der Waals surface area (Å²) < 4.78 is 1.55. The van der Waals surface area contributed by atoms with Gasteiger partial charge >= 0.3 is 5.97 Å². The second-order valence-corrected chi connectivity index (χ2v) is 6.26. The zero-order chi connectivity index (χ0) is 17.8. The van der Waals surface area contributed by atoms with Crippen molar-refractivity contribution < 1.29 is 15.0 Å². The van der Waals surface area contributed by atoms with Gasteiger partial charge in [-0.2, -0.15) is 0 Å². The van der Waals surface area contributed by atoms with E-state index >= 15 is 0 Å². The van der Waals surface area contributed by atoms with Crippen LogP contribution in [0.4, 0.5) is 0 Å². The summed E-state index contributed by atoms with van der Waals surface area (Å²) in [4.78, 5) is 28.7. The lowest BCUT2D eigenvalue weighted by Gasteiger charge is -2.22. The zero-order valence-electron chi connectivity index (χ0n) is 13.6. The van der Waals surface area contributed by atoms with Gasteiger partial charge in [0.15, 0.2) is 5.60 Å². The standard InChI is InChI=1S/C19H16N2O4/c1-2-19(25,18(23)24)13-8-15-17-12(10-21(15)16(22)9-13)7-11-5-3-4-6-14(11)20-17/h3-9,25H,2,10H2,1H3,(H,23,24)/t19-/m0/s1. The Morgan fingerprint density at radius 1 is 1.28 bits per heavy atom. The molecule has 0 bridgehead atoms. The van der Waals surface area contributed by atoms with E-state index in [0.29, 0.717) is 17.9 Å². The Bertz CT molecular complexity index is 1090. The topological polar surface area (TPSA) is 92.4 Å². The lowest BCUT2D eigenvalue weighted by atomic mass is 9.91. The molecule has 0 fully saturated rings. The van der Waals surface area contributed by atoms with Crippen LogP contribution in [0.2, 0.25) is 0 Å². The molecular weight excluding hydrogens is 320 g/mol. The van der Waals surface area contributed by atoms with Gasteiger partial charge in [-0.3, -0.25) is 4.79 Å². The molecule has 2 N–H and O–H groups in total. The number of aromatic nitrogens is 2. The molecule has 0 amide bonds. The molecule has 0 aliphatic carbocycles. The van der Waals surface area contributed by atoms with Crippen molar-refractivity contribution in [2.75, 3.05) is 0 Å². The number of rotatable bonds is 3. The van der Waals surface area contributed by atoms with Crippen molar-refractivity contribution >= 4 is 16.9 Å². The minimum Gasteiger partial charge on any atom is -0.479 e. The average Bonchev–Trinajstić information content (AvgIpc) is 2.97. The third kappa shape index (κ3) is 2.18. The summed E-state index contributed by atoms with van der Waals surface area (Å²) in [7, 11) is 0. The average molecular weight is 336 g/mol. The molecule has 0 radical (unpaired) electrons. The van der Waals surface area contributed by atoms with Crippen LogP contribution in [-0.2, 0) is 16.9 Å². The lowest BCUT2D eigenvalue weighted by molar-refractivity contribution is -0.160. The van der Waals surface area contributed by atoms with E-state index in [2.05, 4.69) is 4.98 Å². The van der Waals surface area contributed by atoms with Crippen molar-refractivity contribution in [2.24, 2.45) is 0 Å². The molecule has 4 rings (SSSR count). The van der Waals surface area contributed by atoms with Crippen molar-refractivity contribution in [2.45, 2.75) is 25.5 Å². The molecule has 6 heteroatoms. The number of para-hydroxylation sites is 1. The maximum atomic E-state index is 12.5. The first-order valence-corrected chi connectivity index (χ1v) is 8.04. The number of carboxylic acids is 1. The van der Waals surface area contributed by atoms with Crippen LogP contribution < -0.4 is 5.56 Å². The van der Waals surface area contributed by atoms with E-state index in [4.69, 9.17) is 0 Å². The van der Waals surface area contributed by atoms with Gasteiger partial charge in [0.2, 0.25) is 0 Å². The molecule has 25 heavy (non-hydrogen) atoms. The van der Waals surface area contributed by atoms with Gasteiger partial charge in [-0.15, -0.1) is 0 Å². The molecule has 1 atom stereocenters. The quantitative estimate of drug-likeness (QED) is 0.598. The fraction of sp³-hybridized carbons (Fsp3) is 0.211. The van der Waals surface area contributed by atoms with E-state index in [0.717, 1.165) is 16.5 Å². The second kappa shape index (κ2) is 5.26. The first kappa shape index (κ1) is 15.5. The number of carbonyl (C=O) groups is 1. The summed E-state index contributed by atoms with van der Waals surface area (Å²) >= 11 is 0. The van der Waals surface area contributed by atoms with Crippen molar-refractivity contribution in [1.82, 2.24) is 9.55 Å². The summed E-state index contributed by atoms with van der Waals surface area (Å²) in [5.74, 6) is -1.37. The molecule has 6 nitrogen and oxygen atoms in total. The van der Waals surface area contributed by atoms with Crippen LogP contribution in [0.5, 0.6) is 0 Å². The fourth-order valence-corrected chi connectivity index (χ4v) is 3.35. The highest BCUT2D eigenvalue weighted by molar-refractivity contribution is 5.84. The van der Waals surface area contributed by atoms with Gasteiger partial charge in [0.05, 0.1) is 23.4 Å². The minimum atomic E-state index is -2.09. The Kier molecular flexibility index (Phi) is 3.27. The van der Waals surface area contributed by atoms with Crippen LogP contribution in [0, 0.1) is 0 Å². The third-order valence-corrected chi connectivity index (χ3v) is 4.85. The molecule has 0 spiro atoms. The summed E-state index contributed by atoms with van der Waals surface area (Å²) in [6.45, 7) is 1.96. The van der Waals surface area contributed by atoms with Gasteiger partial charge in [0.25, 0.3) is 5.56 Å². The highest BCUT2D eigenvalue weighted by atomic mass is 16.4. The molecule has 2 aromatic heterocycles. The summed E-state index contributed by atoms with van der Waals surface area (Å²) in [5.41, 5.74) is 0.552. The molecule has 3 aromatic rings. The van der Waals surface area contributed by atoms with Gasteiger partial charge < -0.3 is 14.8 Å². The first-order chi connectivity index (χ1) is 11.9. The summed E-state index contributed by atoms with van der Waals surface area (Å²) in [6, 6.07) is 12.4. The molecule has 3 heterocycles. The Balaban J connectivity index is 1.97. The Labute approximate surface area is 143 Å². The lowest BCUT2D eigenvalue weighted by Crippen LogP contribution is -2.36. The summed E-state index contributed by atoms with van der Waals surface area (Å²) in [6.07, 6.45) is -0.0385. The molecule has 1 aliphatic heterocycles. The highest BCUT2D eigenvalue weighted by Crippen LogP contribution is 2.34. The zero-order valence-corrected chi connectivity index (χ0v) is 13.6. The highest BCUT2D eigenvalue weighted by Gasteiger charge is 2.38. The molecular formula is C19H16N2O4. The van der Waals surface area contributed by atoms with Crippen LogP contribution >= 0.6 is 0 Å². The molecule has 0 saturated heterocycles. The van der Waals surface area contributed by atoms with Gasteiger partial charge in [0, 0.05) is 22.6 Å². The van der Waals surface area contributed by atoms with E-state index in [1.807, 2.05) is 30.3 Å². The van der Waals surface area contributed by atoms with Crippen molar-refractivity contribution in [3.63, 3.8) is 0 Å². The Hall–Kier alpha value is -2.99. The number of benzene rings is 1. The Morgan fingerprint density at radius 3 is 2.76 bits per heavy atom. The fourth-order valence-electron chi connectivity index (χ4n) is 3.35. The van der Waals surface area contributed by atoms with Crippen LogP contribution in [0.15, 0.2) is 47.3 Å². The van der Waals surface area contributed by atoms with Gasteiger partial charge in [0.1, 0.15) is 0 Å². The maximum Gasteiger partial charge on any atom is 0.340 e. The van der Waals surface area contributed by atoms with Crippen molar-refractivity contribution in [3.8, 4) is 11.4 Å². The number of fused-ring (bicyclic) bond motifs is 4. The molecule has 1 aliphatic rings. The van der Waals surface area contributed by atoms with Gasteiger partial charge in [-0.25, -0.2) is 9.78 Å². The normalized spacial score (nSPS) is 14.8. The first-order valence-electron chi connectivity index (χ1n) is 8.04. The third-order valence-electron chi connectivity index (χ3n) is 4.85. The van der Waals surface area contributed by atoms with E-state index in [1.54, 1.807) is 17.6 Å². The predicted octanol–water partition coefficient (Wildman–Crippen LogP) is 2.11. The van der Waals surface area contributed by atoms with Crippen LogP contribution in [-0.4, -0.2) is 25.7 Å². The molecule has 126 valence electrons. The van der Waals surface area contributed by atoms with Crippen molar-refractivity contribution in [3.05, 3.63) is 63.9 Å². The SMILES string of the molecule is CC[C@@](O)(C(=O)O)c1cc2n(c(=O)c1)Cc1cc3ccccc3nc1-2. The van der Waals surface area contributed by atoms with E-state index in [-0.39, 0.29) is 17.5 Å². The predicted molar refractivity (Wildman–Crippen MR) is 92.4 cm³/mol. The van der Waals surface area contributed by atoms with E-state index in [9.17, 15) is 19.8 Å². The number of aliphatic hydroxyl groups is 1. The number of hydrogen-bond acceptors (Lipinski definition) is 4. The number of nitrogens with zero attached hydrogens (tertiary/aromatic N) is 2. The van der Waals surface area contributed by atoms with Crippen LogP contribution in [0.3, 0.4) is 0 Å². The maximum absolute atomic E-state index is 12.5. The van der Waals surface area contributed by atoms with Crippen LogP contribution in [0.25, 0.3) is 22.3 Å². The molecule has 1 aromatic carbocycles. The molecule has 0 saturated carbocycles. The molecule has 0 unspecified atom stereocenters. The number of carboxylic acid groups (broad SMARTS) is 1. The minimum absolute atomic E-state index is 0.0385.